The van der Waals surface area contributed by atoms with E-state index in [-0.39, 0.29) is 5.82 Å². The molecule has 0 radical (unpaired) electrons. The maximum absolute atomic E-state index is 13.8. The largest absolute Gasteiger partial charge is 0.309 e. The van der Waals surface area contributed by atoms with E-state index in [1.807, 2.05) is 44.4 Å². The average Bonchev–Trinajstić information content (AvgIpc) is 2.27. The van der Waals surface area contributed by atoms with Crippen molar-refractivity contribution in [3.63, 3.8) is 0 Å². The van der Waals surface area contributed by atoms with Crippen molar-refractivity contribution >= 4 is 10.8 Å². The molecule has 0 aliphatic carbocycles. The maximum Gasteiger partial charge on any atom is 0.127 e. The summed E-state index contributed by atoms with van der Waals surface area (Å²) in [6.07, 6.45) is 0.750. The molecule has 0 aliphatic rings. The van der Waals surface area contributed by atoms with Gasteiger partial charge in [-0.05, 0) is 42.9 Å². The summed E-state index contributed by atoms with van der Waals surface area (Å²) in [5, 5.41) is 2.14. The van der Waals surface area contributed by atoms with Crippen LogP contribution < -0.4 is 0 Å². The smallest absolute Gasteiger partial charge is 0.127 e. The number of fused-ring (bicyclic) bond motifs is 1. The number of likely N-dealkylation sites (N-methyl/N-ethyl adjacent to an activating group) is 1. The Labute approximate surface area is 95.5 Å². The molecule has 0 amide bonds. The lowest BCUT2D eigenvalue weighted by Gasteiger charge is -2.12. The SMILES string of the molecule is CN(C)CCc1c(F)ccc2ccccc12. The van der Waals surface area contributed by atoms with Gasteiger partial charge in [0.1, 0.15) is 5.82 Å². The van der Waals surface area contributed by atoms with Gasteiger partial charge < -0.3 is 4.90 Å². The molecule has 84 valence electrons. The lowest BCUT2D eigenvalue weighted by atomic mass is 10.0. The Morgan fingerprint density at radius 2 is 1.81 bits per heavy atom. The summed E-state index contributed by atoms with van der Waals surface area (Å²) in [5.41, 5.74) is 0.826. The van der Waals surface area contributed by atoms with Gasteiger partial charge in [0, 0.05) is 6.54 Å². The van der Waals surface area contributed by atoms with Crippen LogP contribution in [0.3, 0.4) is 0 Å². The summed E-state index contributed by atoms with van der Waals surface area (Å²) in [6.45, 7) is 0.866. The van der Waals surface area contributed by atoms with Crippen molar-refractivity contribution in [2.45, 2.75) is 6.42 Å². The molecular formula is C14H16FN. The van der Waals surface area contributed by atoms with Crippen LogP contribution in [0.4, 0.5) is 4.39 Å². The van der Waals surface area contributed by atoms with E-state index in [1.54, 1.807) is 6.07 Å². The molecule has 0 aromatic heterocycles. The summed E-state index contributed by atoms with van der Waals surface area (Å²) in [7, 11) is 4.01. The molecular weight excluding hydrogens is 201 g/mol. The third-order valence-electron chi connectivity index (χ3n) is 2.79. The first kappa shape index (κ1) is 11.1. The van der Waals surface area contributed by atoms with Crippen LogP contribution in [0.25, 0.3) is 10.8 Å². The second kappa shape index (κ2) is 4.62. The van der Waals surface area contributed by atoms with E-state index in [4.69, 9.17) is 0 Å². The van der Waals surface area contributed by atoms with Gasteiger partial charge in [-0.2, -0.15) is 0 Å². The third kappa shape index (κ3) is 2.22. The van der Waals surface area contributed by atoms with Crippen LogP contribution in [0.5, 0.6) is 0 Å². The highest BCUT2D eigenvalue weighted by atomic mass is 19.1. The molecule has 0 unspecified atom stereocenters. The van der Waals surface area contributed by atoms with Crippen molar-refractivity contribution in [2.75, 3.05) is 20.6 Å². The van der Waals surface area contributed by atoms with Gasteiger partial charge in [0.05, 0.1) is 0 Å². The molecule has 0 heterocycles. The Balaban J connectivity index is 2.44. The first-order valence-electron chi connectivity index (χ1n) is 5.49. The van der Waals surface area contributed by atoms with Crippen LogP contribution in [0.2, 0.25) is 0 Å². The van der Waals surface area contributed by atoms with Crippen molar-refractivity contribution in [3.05, 3.63) is 47.8 Å². The molecule has 0 saturated carbocycles. The van der Waals surface area contributed by atoms with Crippen LogP contribution >= 0.6 is 0 Å². The molecule has 0 spiro atoms. The zero-order valence-electron chi connectivity index (χ0n) is 9.70. The van der Waals surface area contributed by atoms with Crippen LogP contribution in [0, 0.1) is 5.82 Å². The van der Waals surface area contributed by atoms with Crippen molar-refractivity contribution in [2.24, 2.45) is 0 Å². The topological polar surface area (TPSA) is 3.24 Å². The summed E-state index contributed by atoms with van der Waals surface area (Å²) in [6, 6.07) is 11.4. The molecule has 16 heavy (non-hydrogen) atoms. The summed E-state index contributed by atoms with van der Waals surface area (Å²) >= 11 is 0. The lowest BCUT2D eigenvalue weighted by Crippen LogP contribution is -2.15. The van der Waals surface area contributed by atoms with Crippen molar-refractivity contribution < 1.29 is 4.39 Å². The Bertz CT molecular complexity index is 491. The molecule has 2 rings (SSSR count). The summed E-state index contributed by atoms with van der Waals surface area (Å²) in [5.74, 6) is -0.0967. The van der Waals surface area contributed by atoms with Crippen molar-refractivity contribution in [1.82, 2.24) is 4.90 Å². The molecule has 0 bridgehead atoms. The zero-order valence-corrected chi connectivity index (χ0v) is 9.70. The monoisotopic (exact) mass is 217 g/mol. The third-order valence-corrected chi connectivity index (χ3v) is 2.79. The van der Waals surface area contributed by atoms with Crippen LogP contribution in [-0.2, 0) is 6.42 Å². The van der Waals surface area contributed by atoms with Crippen LogP contribution in [0.1, 0.15) is 5.56 Å². The zero-order chi connectivity index (χ0) is 11.5. The maximum atomic E-state index is 13.8. The quantitative estimate of drug-likeness (QED) is 0.763. The molecule has 0 saturated heterocycles. The highest BCUT2D eigenvalue weighted by Crippen LogP contribution is 2.22. The first-order chi connectivity index (χ1) is 7.68. The Morgan fingerprint density at radius 1 is 1.06 bits per heavy atom. The average molecular weight is 217 g/mol. The minimum Gasteiger partial charge on any atom is -0.309 e. The molecule has 2 aromatic carbocycles. The normalized spacial score (nSPS) is 11.2. The van der Waals surface area contributed by atoms with Gasteiger partial charge in [-0.15, -0.1) is 0 Å². The highest BCUT2D eigenvalue weighted by Gasteiger charge is 2.07. The fraction of sp³-hybridized carbons (Fsp3) is 0.286. The standard InChI is InChI=1S/C14H16FN/c1-16(2)10-9-13-12-6-4-3-5-11(12)7-8-14(13)15/h3-8H,9-10H2,1-2H3. The predicted molar refractivity (Wildman–Crippen MR) is 66.2 cm³/mol. The fourth-order valence-electron chi connectivity index (χ4n) is 1.90. The van der Waals surface area contributed by atoms with E-state index in [0.29, 0.717) is 0 Å². The Morgan fingerprint density at radius 3 is 2.56 bits per heavy atom. The Kier molecular flexibility index (Phi) is 3.20. The molecule has 0 atom stereocenters. The van der Waals surface area contributed by atoms with E-state index in [2.05, 4.69) is 4.90 Å². The molecule has 0 aliphatic heterocycles. The van der Waals surface area contributed by atoms with Gasteiger partial charge in [-0.25, -0.2) is 4.39 Å². The van der Waals surface area contributed by atoms with E-state index < -0.39 is 0 Å². The number of halogens is 1. The summed E-state index contributed by atoms with van der Waals surface area (Å²) in [4.78, 5) is 2.07. The minimum absolute atomic E-state index is 0.0967. The van der Waals surface area contributed by atoms with Crippen molar-refractivity contribution in [1.29, 1.82) is 0 Å². The van der Waals surface area contributed by atoms with Gasteiger partial charge in [0.2, 0.25) is 0 Å². The van der Waals surface area contributed by atoms with Gasteiger partial charge in [0.15, 0.2) is 0 Å². The second-order valence-electron chi connectivity index (χ2n) is 4.30. The van der Waals surface area contributed by atoms with Crippen molar-refractivity contribution in [3.8, 4) is 0 Å². The van der Waals surface area contributed by atoms with Gasteiger partial charge in [0.25, 0.3) is 0 Å². The number of benzene rings is 2. The number of hydrogen-bond acceptors (Lipinski definition) is 1. The number of nitrogens with zero attached hydrogens (tertiary/aromatic N) is 1. The summed E-state index contributed by atoms with van der Waals surface area (Å²) < 4.78 is 13.8. The van der Waals surface area contributed by atoms with Gasteiger partial charge in [-0.3, -0.25) is 0 Å². The molecule has 2 heteroatoms. The number of hydrogen-bond donors (Lipinski definition) is 0. The lowest BCUT2D eigenvalue weighted by molar-refractivity contribution is 0.411. The Hall–Kier alpha value is -1.41. The van der Waals surface area contributed by atoms with E-state index in [0.717, 1.165) is 29.3 Å². The van der Waals surface area contributed by atoms with Gasteiger partial charge in [-0.1, -0.05) is 30.3 Å². The van der Waals surface area contributed by atoms with E-state index in [1.165, 1.54) is 0 Å². The first-order valence-corrected chi connectivity index (χ1v) is 5.49. The minimum atomic E-state index is -0.0967. The van der Waals surface area contributed by atoms with Crippen LogP contribution in [0.15, 0.2) is 36.4 Å². The van der Waals surface area contributed by atoms with E-state index in [9.17, 15) is 4.39 Å². The fourth-order valence-corrected chi connectivity index (χ4v) is 1.90. The molecule has 0 N–H and O–H groups in total. The second-order valence-corrected chi connectivity index (χ2v) is 4.30. The molecule has 2 aromatic rings. The highest BCUT2D eigenvalue weighted by molar-refractivity contribution is 5.85. The van der Waals surface area contributed by atoms with E-state index >= 15 is 0 Å². The van der Waals surface area contributed by atoms with Crippen LogP contribution in [-0.4, -0.2) is 25.5 Å². The molecule has 1 nitrogen and oxygen atoms in total. The number of rotatable bonds is 3. The molecule has 0 fully saturated rings. The predicted octanol–water partition coefficient (Wildman–Crippen LogP) is 3.08. The van der Waals surface area contributed by atoms with Gasteiger partial charge >= 0.3 is 0 Å².